The Morgan fingerprint density at radius 2 is 1.76 bits per heavy atom. The summed E-state index contributed by atoms with van der Waals surface area (Å²) < 4.78 is 18.5. The molecule has 0 spiro atoms. The lowest BCUT2D eigenvalue weighted by atomic mass is 10.1. The molecule has 5 nitrogen and oxygen atoms in total. The van der Waals surface area contributed by atoms with E-state index < -0.39 is 17.8 Å². The van der Waals surface area contributed by atoms with Gasteiger partial charge in [-0.3, -0.25) is 9.59 Å². The summed E-state index contributed by atoms with van der Waals surface area (Å²) in [7, 11) is 0. The summed E-state index contributed by atoms with van der Waals surface area (Å²) in [6.45, 7) is 5.11. The molecule has 0 fully saturated rings. The predicted octanol–water partition coefficient (Wildman–Crippen LogP) is 4.45. The molecule has 2 amide bonds. The number of hydrogen-bond acceptors (Lipinski definition) is 3. The predicted molar refractivity (Wildman–Crippen MR) is 112 cm³/mol. The Balaban J connectivity index is 2.18. The van der Waals surface area contributed by atoms with E-state index in [1.807, 2.05) is 13.8 Å². The van der Waals surface area contributed by atoms with Gasteiger partial charge in [-0.05, 0) is 62.7 Å². The molecule has 0 aliphatic rings. The first-order valence-electron chi connectivity index (χ1n) is 9.09. The summed E-state index contributed by atoms with van der Waals surface area (Å²) >= 11 is 12.2. The first kappa shape index (κ1) is 23.0. The van der Waals surface area contributed by atoms with Gasteiger partial charge >= 0.3 is 0 Å². The van der Waals surface area contributed by atoms with Gasteiger partial charge in [-0.2, -0.15) is 0 Å². The lowest BCUT2D eigenvalue weighted by Crippen LogP contribution is -2.50. The molecule has 0 bridgehead atoms. The Hall–Kier alpha value is -2.31. The second-order valence-corrected chi connectivity index (χ2v) is 7.68. The second-order valence-electron chi connectivity index (χ2n) is 6.84. The average molecular weight is 441 g/mol. The Kier molecular flexibility index (Phi) is 8.29. The van der Waals surface area contributed by atoms with Gasteiger partial charge in [-0.15, -0.1) is 0 Å². The number of rotatable bonds is 8. The van der Waals surface area contributed by atoms with E-state index in [-0.39, 0.29) is 25.1 Å². The fourth-order valence-electron chi connectivity index (χ4n) is 2.58. The standard InChI is InChI=1S/C21H23Cl2FN2O3/c1-13(2)25-21(28)14(3)26(11-15-4-5-16(22)10-19(15)23)20(27)12-29-18-8-6-17(24)7-9-18/h4-10,13-14H,11-12H2,1-3H3,(H,25,28). The van der Waals surface area contributed by atoms with Crippen molar-refractivity contribution in [3.8, 4) is 5.75 Å². The van der Waals surface area contributed by atoms with Crippen LogP contribution in [-0.2, 0) is 16.1 Å². The quantitative estimate of drug-likeness (QED) is 0.659. The molecule has 0 radical (unpaired) electrons. The molecular formula is C21H23Cl2FN2O3. The highest BCUT2D eigenvalue weighted by molar-refractivity contribution is 6.35. The van der Waals surface area contributed by atoms with E-state index in [4.69, 9.17) is 27.9 Å². The molecule has 1 N–H and O–H groups in total. The molecule has 0 aliphatic heterocycles. The van der Waals surface area contributed by atoms with Gasteiger partial charge in [0.1, 0.15) is 17.6 Å². The molecule has 1 atom stereocenters. The summed E-state index contributed by atoms with van der Waals surface area (Å²) in [6.07, 6.45) is 0. The lowest BCUT2D eigenvalue weighted by Gasteiger charge is -2.29. The molecule has 0 heterocycles. The normalized spacial score (nSPS) is 11.8. The van der Waals surface area contributed by atoms with E-state index >= 15 is 0 Å². The lowest BCUT2D eigenvalue weighted by molar-refractivity contribution is -0.142. The number of nitrogens with one attached hydrogen (secondary N) is 1. The molecule has 2 aromatic carbocycles. The molecule has 0 aromatic heterocycles. The molecule has 2 rings (SSSR count). The maximum atomic E-state index is 13.0. The van der Waals surface area contributed by atoms with Crippen molar-refractivity contribution in [2.24, 2.45) is 0 Å². The van der Waals surface area contributed by atoms with Crippen LogP contribution in [0.5, 0.6) is 5.75 Å². The van der Waals surface area contributed by atoms with Crippen LogP contribution in [0.2, 0.25) is 10.0 Å². The number of carbonyl (C=O) groups is 2. The van der Waals surface area contributed by atoms with Crippen molar-refractivity contribution in [3.05, 3.63) is 63.9 Å². The molecular weight excluding hydrogens is 418 g/mol. The Morgan fingerprint density at radius 1 is 1.10 bits per heavy atom. The monoisotopic (exact) mass is 440 g/mol. The van der Waals surface area contributed by atoms with E-state index in [2.05, 4.69) is 5.32 Å². The van der Waals surface area contributed by atoms with Crippen molar-refractivity contribution in [1.29, 1.82) is 0 Å². The highest BCUT2D eigenvalue weighted by atomic mass is 35.5. The van der Waals surface area contributed by atoms with Crippen LogP contribution in [0.15, 0.2) is 42.5 Å². The van der Waals surface area contributed by atoms with E-state index in [0.717, 1.165) is 0 Å². The molecule has 0 saturated carbocycles. The van der Waals surface area contributed by atoms with Gasteiger partial charge in [0.25, 0.3) is 5.91 Å². The summed E-state index contributed by atoms with van der Waals surface area (Å²) in [6, 6.07) is 9.46. The number of amides is 2. The van der Waals surface area contributed by atoms with E-state index in [1.54, 1.807) is 25.1 Å². The average Bonchev–Trinajstić information content (AvgIpc) is 2.65. The van der Waals surface area contributed by atoms with Gasteiger partial charge in [0.2, 0.25) is 5.91 Å². The zero-order valence-electron chi connectivity index (χ0n) is 16.4. The molecule has 156 valence electrons. The zero-order chi connectivity index (χ0) is 21.6. The Labute approximate surface area is 179 Å². The van der Waals surface area contributed by atoms with Crippen LogP contribution in [0.1, 0.15) is 26.3 Å². The molecule has 2 aromatic rings. The van der Waals surface area contributed by atoms with E-state index in [0.29, 0.717) is 21.4 Å². The van der Waals surface area contributed by atoms with Crippen LogP contribution < -0.4 is 10.1 Å². The number of nitrogens with zero attached hydrogens (tertiary/aromatic N) is 1. The minimum absolute atomic E-state index is 0.0727. The van der Waals surface area contributed by atoms with Gasteiger partial charge < -0.3 is 15.0 Å². The highest BCUT2D eigenvalue weighted by Gasteiger charge is 2.27. The van der Waals surface area contributed by atoms with Crippen molar-refractivity contribution in [1.82, 2.24) is 10.2 Å². The maximum absolute atomic E-state index is 13.0. The number of benzene rings is 2. The number of carbonyl (C=O) groups excluding carboxylic acids is 2. The van der Waals surface area contributed by atoms with Crippen LogP contribution in [0.25, 0.3) is 0 Å². The van der Waals surface area contributed by atoms with Gasteiger partial charge in [-0.1, -0.05) is 29.3 Å². The third-order valence-corrected chi connectivity index (χ3v) is 4.72. The van der Waals surface area contributed by atoms with Crippen LogP contribution in [0, 0.1) is 5.82 Å². The molecule has 1 unspecified atom stereocenters. The van der Waals surface area contributed by atoms with Crippen molar-refractivity contribution in [3.63, 3.8) is 0 Å². The van der Waals surface area contributed by atoms with Crippen molar-refractivity contribution in [2.45, 2.75) is 39.4 Å². The highest BCUT2D eigenvalue weighted by Crippen LogP contribution is 2.23. The summed E-state index contributed by atoms with van der Waals surface area (Å²) in [5.74, 6) is -0.753. The summed E-state index contributed by atoms with van der Waals surface area (Å²) in [5, 5.41) is 3.67. The fourth-order valence-corrected chi connectivity index (χ4v) is 3.05. The first-order valence-corrected chi connectivity index (χ1v) is 9.85. The number of halogens is 3. The Bertz CT molecular complexity index is 860. The topological polar surface area (TPSA) is 58.6 Å². The van der Waals surface area contributed by atoms with Gasteiger partial charge in [0, 0.05) is 22.6 Å². The summed E-state index contributed by atoms with van der Waals surface area (Å²) in [5.41, 5.74) is 0.649. The van der Waals surface area contributed by atoms with Crippen LogP contribution in [0.4, 0.5) is 4.39 Å². The van der Waals surface area contributed by atoms with E-state index in [1.165, 1.54) is 29.2 Å². The minimum Gasteiger partial charge on any atom is -0.484 e. The first-order chi connectivity index (χ1) is 13.7. The molecule has 8 heteroatoms. The maximum Gasteiger partial charge on any atom is 0.261 e. The van der Waals surface area contributed by atoms with Crippen LogP contribution in [-0.4, -0.2) is 35.4 Å². The largest absolute Gasteiger partial charge is 0.484 e. The fraction of sp³-hybridized carbons (Fsp3) is 0.333. The minimum atomic E-state index is -0.756. The van der Waals surface area contributed by atoms with E-state index in [9.17, 15) is 14.0 Å². The van der Waals surface area contributed by atoms with Crippen LogP contribution >= 0.6 is 23.2 Å². The molecule has 29 heavy (non-hydrogen) atoms. The number of hydrogen-bond donors (Lipinski definition) is 1. The zero-order valence-corrected chi connectivity index (χ0v) is 17.9. The smallest absolute Gasteiger partial charge is 0.261 e. The third kappa shape index (κ3) is 6.91. The number of ether oxygens (including phenoxy) is 1. The van der Waals surface area contributed by atoms with Gasteiger partial charge in [-0.25, -0.2) is 4.39 Å². The van der Waals surface area contributed by atoms with Crippen LogP contribution in [0.3, 0.4) is 0 Å². The van der Waals surface area contributed by atoms with Crippen molar-refractivity contribution < 1.29 is 18.7 Å². The Morgan fingerprint density at radius 3 is 2.34 bits per heavy atom. The van der Waals surface area contributed by atoms with Gasteiger partial charge in [0.15, 0.2) is 6.61 Å². The molecule has 0 aliphatic carbocycles. The summed E-state index contributed by atoms with van der Waals surface area (Å²) in [4.78, 5) is 26.8. The molecule has 0 saturated heterocycles. The third-order valence-electron chi connectivity index (χ3n) is 4.13. The van der Waals surface area contributed by atoms with Crippen molar-refractivity contribution in [2.75, 3.05) is 6.61 Å². The van der Waals surface area contributed by atoms with Gasteiger partial charge in [0.05, 0.1) is 0 Å². The second kappa shape index (κ2) is 10.5. The SMILES string of the molecule is CC(C)NC(=O)C(C)N(Cc1ccc(Cl)cc1Cl)C(=O)COc1ccc(F)cc1. The van der Waals surface area contributed by atoms with Crippen molar-refractivity contribution >= 4 is 35.0 Å².